The lowest BCUT2D eigenvalue weighted by Crippen LogP contribution is -2.56. The summed E-state index contributed by atoms with van der Waals surface area (Å²) >= 11 is 0. The van der Waals surface area contributed by atoms with Crippen molar-refractivity contribution < 1.29 is 85.2 Å². The van der Waals surface area contributed by atoms with E-state index in [0.29, 0.717) is 27.0 Å². The van der Waals surface area contributed by atoms with Crippen molar-refractivity contribution in [1.82, 2.24) is 51.7 Å². The summed E-state index contributed by atoms with van der Waals surface area (Å²) in [4.78, 5) is 147. The normalized spacial score (nSPS) is 19.0. The fourth-order valence-electron chi connectivity index (χ4n) is 10.4. The highest BCUT2D eigenvalue weighted by atomic mass is 19.4. The first-order valence-electron chi connectivity index (χ1n) is 25.8. The topological polar surface area (TPSA) is 352 Å². The zero-order valence-electron chi connectivity index (χ0n) is 44.2. The largest absolute Gasteiger partial charge is 0.480 e. The van der Waals surface area contributed by atoms with Gasteiger partial charge < -0.3 is 61.5 Å². The van der Waals surface area contributed by atoms with E-state index in [-0.39, 0.29) is 77.8 Å². The molecule has 0 radical (unpaired) electrons. The monoisotopic (exact) mass is 1150 g/mol. The molecule has 5 heterocycles. The second kappa shape index (κ2) is 24.2. The van der Waals surface area contributed by atoms with Gasteiger partial charge in [0.05, 0.1) is 61.2 Å². The van der Waals surface area contributed by atoms with Gasteiger partial charge in [0, 0.05) is 47.9 Å². The fraction of sp³-hybridized carbons (Fsp3) is 0.434. The van der Waals surface area contributed by atoms with Gasteiger partial charge in [-0.1, -0.05) is 44.2 Å². The Morgan fingerprint density at radius 3 is 2.23 bits per heavy atom. The van der Waals surface area contributed by atoms with Crippen LogP contribution in [0.5, 0.6) is 0 Å². The number of fused-ring (bicyclic) bond motifs is 5. The summed E-state index contributed by atoms with van der Waals surface area (Å²) in [6.07, 6.45) is -9.00. The number of carbonyl (C=O) groups is 10. The molecule has 436 valence electrons. The molecule has 1 fully saturated rings. The van der Waals surface area contributed by atoms with Crippen molar-refractivity contribution in [1.29, 1.82) is 0 Å². The van der Waals surface area contributed by atoms with Crippen LogP contribution in [0, 0.1) is 18.7 Å². The number of aromatic nitrogens is 2. The van der Waals surface area contributed by atoms with E-state index in [4.69, 9.17) is 19.6 Å². The first kappa shape index (κ1) is 59.4. The van der Waals surface area contributed by atoms with Crippen LogP contribution in [0.2, 0.25) is 0 Å². The van der Waals surface area contributed by atoms with Gasteiger partial charge in [-0.05, 0) is 54.5 Å². The number of alkyl halides is 3. The van der Waals surface area contributed by atoms with Crippen molar-refractivity contribution in [2.45, 2.75) is 102 Å². The molecule has 2 aromatic carbocycles. The Hall–Kier alpha value is -8.70. The Morgan fingerprint density at radius 1 is 0.890 bits per heavy atom. The molecule has 1 aliphatic carbocycles. The molecule has 4 aromatic rings. The standard InChI is InChI=1S/C53H56F4N10O15/c1-4-52(80)30-14-35-44-28(21-66(35)50(78)29(30)22-81-51(52)79)43-32(11-10-27-25(3)31(54)15-33(64-44)42(27)43)65-48(76)45(53(55,56)57)82-23-62-38(69)18-60-46(74)34(13-26-8-6-5-7-9-26)63-39(70)19-59-37(68)17-61-47(75)36(16-58-20-41(72)73)67-40(71)12-24(2)49(67)77/h5-9,14-15,24,32,34,36,45,58,80H,4,10-13,16-23H2,1-3H3,(H,59,68)(H,60,74)(H,61,75)(H,62,69)(H,63,70)(H,65,76)(H,72,73)/t24?,32-,34-,36-,45+,52-/m0/s1. The van der Waals surface area contributed by atoms with Crippen LogP contribution < -0.4 is 42.8 Å². The lowest BCUT2D eigenvalue weighted by atomic mass is 9.81. The van der Waals surface area contributed by atoms with E-state index in [0.717, 1.165) is 6.07 Å². The van der Waals surface area contributed by atoms with Crippen LogP contribution in [-0.2, 0) is 89.0 Å². The van der Waals surface area contributed by atoms with E-state index in [2.05, 4.69) is 31.9 Å². The van der Waals surface area contributed by atoms with Gasteiger partial charge in [-0.3, -0.25) is 52.8 Å². The Bertz CT molecular complexity index is 3380. The number of likely N-dealkylation sites (tertiary alicyclic amines) is 1. The van der Waals surface area contributed by atoms with Crippen LogP contribution in [0.3, 0.4) is 0 Å². The second-order valence-corrected chi connectivity index (χ2v) is 20.0. The van der Waals surface area contributed by atoms with E-state index < -0.39 is 159 Å². The zero-order chi connectivity index (χ0) is 59.5. The van der Waals surface area contributed by atoms with Gasteiger partial charge in [-0.25, -0.2) is 14.2 Å². The average Bonchev–Trinajstić information content (AvgIpc) is 3.04. The predicted octanol–water partition coefficient (Wildman–Crippen LogP) is -0.834. The number of pyridine rings is 2. The number of benzene rings is 2. The third-order valence-corrected chi connectivity index (χ3v) is 14.6. The Labute approximate surface area is 462 Å². The lowest BCUT2D eigenvalue weighted by molar-refractivity contribution is -0.220. The molecule has 29 heteroatoms. The summed E-state index contributed by atoms with van der Waals surface area (Å²) in [5.74, 6) is -11.5. The van der Waals surface area contributed by atoms with Crippen molar-refractivity contribution in [2.75, 3.05) is 39.5 Å². The van der Waals surface area contributed by atoms with E-state index in [9.17, 15) is 71.0 Å². The molecule has 6 atom stereocenters. The Kier molecular flexibility index (Phi) is 17.5. The van der Waals surface area contributed by atoms with Crippen LogP contribution in [0.25, 0.3) is 22.3 Å². The average molecular weight is 1150 g/mol. The molecule has 9 N–H and O–H groups in total. The van der Waals surface area contributed by atoms with Crippen molar-refractivity contribution in [3.63, 3.8) is 0 Å². The van der Waals surface area contributed by atoms with Gasteiger partial charge in [-0.2, -0.15) is 13.2 Å². The van der Waals surface area contributed by atoms with Gasteiger partial charge in [0.1, 0.15) is 31.2 Å². The summed E-state index contributed by atoms with van der Waals surface area (Å²) in [6.45, 7) is -0.791. The van der Waals surface area contributed by atoms with Crippen molar-refractivity contribution in [3.05, 3.63) is 97.6 Å². The molecule has 1 saturated heterocycles. The number of aryl methyl sites for hydroxylation is 1. The van der Waals surface area contributed by atoms with Crippen LogP contribution in [-0.4, -0.2) is 148 Å². The number of hydrogen-bond acceptors (Lipinski definition) is 16. The number of carboxylic acid groups (broad SMARTS) is 1. The van der Waals surface area contributed by atoms with E-state index in [1.807, 2.05) is 5.32 Å². The minimum Gasteiger partial charge on any atom is -0.480 e. The van der Waals surface area contributed by atoms with Crippen LogP contribution in [0.4, 0.5) is 17.6 Å². The smallest absolute Gasteiger partial charge is 0.423 e. The maximum absolute atomic E-state index is 15.4. The molecule has 3 aliphatic heterocycles. The highest BCUT2D eigenvalue weighted by Gasteiger charge is 2.49. The summed E-state index contributed by atoms with van der Waals surface area (Å²) in [5.41, 5.74) is -0.704. The number of hydrogen-bond donors (Lipinski definition) is 9. The zero-order valence-corrected chi connectivity index (χ0v) is 44.2. The maximum atomic E-state index is 15.4. The van der Waals surface area contributed by atoms with Crippen LogP contribution >= 0.6 is 0 Å². The van der Waals surface area contributed by atoms with Crippen LogP contribution in [0.1, 0.15) is 78.1 Å². The number of halogens is 4. The number of nitrogens with zero attached hydrogens (tertiary/aromatic N) is 3. The molecule has 1 unspecified atom stereocenters. The molecule has 8 amide bonds. The molecule has 4 aliphatic rings. The Balaban J connectivity index is 0.884. The number of ether oxygens (including phenoxy) is 2. The third kappa shape index (κ3) is 12.3. The summed E-state index contributed by atoms with van der Waals surface area (Å²) in [7, 11) is 0. The molecule has 8 rings (SSSR count). The number of rotatable bonds is 22. The summed E-state index contributed by atoms with van der Waals surface area (Å²) < 4.78 is 70.8. The quantitative estimate of drug-likeness (QED) is 0.0177. The molecule has 0 spiro atoms. The number of carboxylic acids is 1. The van der Waals surface area contributed by atoms with Gasteiger partial charge in [0.25, 0.3) is 11.5 Å². The molecule has 25 nitrogen and oxygen atoms in total. The summed E-state index contributed by atoms with van der Waals surface area (Å²) in [6, 6.07) is 6.60. The fourth-order valence-corrected chi connectivity index (χ4v) is 10.4. The number of imide groups is 1. The first-order chi connectivity index (χ1) is 38.8. The molecular formula is C53H56F4N10O15. The first-order valence-corrected chi connectivity index (χ1v) is 25.8. The number of nitrogens with one attached hydrogen (secondary N) is 7. The minimum atomic E-state index is -5.36. The van der Waals surface area contributed by atoms with Gasteiger partial charge >= 0.3 is 18.1 Å². The Morgan fingerprint density at radius 2 is 1.57 bits per heavy atom. The number of amides is 8. The minimum absolute atomic E-state index is 0.0000191. The van der Waals surface area contributed by atoms with Crippen molar-refractivity contribution in [2.24, 2.45) is 5.92 Å². The number of carbonyl (C=O) groups excluding carboxylic acids is 9. The number of aliphatic hydroxyl groups is 1. The second-order valence-electron chi connectivity index (χ2n) is 20.0. The van der Waals surface area contributed by atoms with Crippen molar-refractivity contribution in [3.8, 4) is 11.4 Å². The SMILES string of the molecule is CC[C@@]1(O)C(=O)OCc2c1cc1n(c2=O)Cc2c-1nc1cc(F)c(C)c3c1c2[C@@H](NC(=O)[C@@H](OCNC(=O)CNC(=O)[C@H](Cc1ccccc1)NC(=O)CNC(=O)CNC(=O)[C@H](CNCC(=O)O)N1C(=O)CC(C)C1=O)C(F)(F)F)CC3. The van der Waals surface area contributed by atoms with E-state index >= 15 is 4.39 Å². The lowest BCUT2D eigenvalue weighted by Gasteiger charge is -2.31. The van der Waals surface area contributed by atoms with Gasteiger partial charge in [0.2, 0.25) is 47.5 Å². The molecule has 2 aromatic heterocycles. The highest BCUT2D eigenvalue weighted by Crippen LogP contribution is 2.46. The third-order valence-electron chi connectivity index (χ3n) is 14.6. The number of esters is 1. The van der Waals surface area contributed by atoms with Gasteiger partial charge in [0.15, 0.2) is 5.60 Å². The summed E-state index contributed by atoms with van der Waals surface area (Å²) in [5, 5.41) is 36.7. The maximum Gasteiger partial charge on any atom is 0.423 e. The van der Waals surface area contributed by atoms with Crippen LogP contribution in [0.15, 0.2) is 47.3 Å². The number of aliphatic carboxylic acids is 1. The van der Waals surface area contributed by atoms with E-state index in [1.54, 1.807) is 30.3 Å². The molecular weight excluding hydrogens is 1090 g/mol. The highest BCUT2D eigenvalue weighted by molar-refractivity contribution is 6.07. The molecule has 0 bridgehead atoms. The molecule has 82 heavy (non-hydrogen) atoms. The predicted molar refractivity (Wildman–Crippen MR) is 273 cm³/mol. The number of cyclic esters (lactones) is 1. The molecule has 0 saturated carbocycles. The van der Waals surface area contributed by atoms with E-state index in [1.165, 1.54) is 31.4 Å². The van der Waals surface area contributed by atoms with Crippen molar-refractivity contribution >= 4 is 70.1 Å². The van der Waals surface area contributed by atoms with Gasteiger partial charge in [-0.15, -0.1) is 0 Å².